The number of benzene rings is 1. The minimum atomic E-state index is -0.281. The summed E-state index contributed by atoms with van der Waals surface area (Å²) in [7, 11) is 0. The smallest absolute Gasteiger partial charge is 0.212 e. The van der Waals surface area contributed by atoms with E-state index in [0.717, 1.165) is 41.3 Å². The molecule has 0 atom stereocenters. The zero-order valence-electron chi connectivity index (χ0n) is 16.3. The predicted octanol–water partition coefficient (Wildman–Crippen LogP) is 3.60. The summed E-state index contributed by atoms with van der Waals surface area (Å²) in [6, 6.07) is 5.84. The van der Waals surface area contributed by atoms with Crippen LogP contribution in [-0.2, 0) is 6.61 Å². The minimum absolute atomic E-state index is 0.0170. The Balaban J connectivity index is 2.25. The lowest BCUT2D eigenvalue weighted by molar-refractivity contribution is 0.244. The third kappa shape index (κ3) is 5.08. The van der Waals surface area contributed by atoms with E-state index in [1.165, 1.54) is 0 Å². The van der Waals surface area contributed by atoms with Crippen molar-refractivity contribution in [3.8, 4) is 0 Å². The summed E-state index contributed by atoms with van der Waals surface area (Å²) < 4.78 is 0. The first kappa shape index (κ1) is 20.0. The molecule has 2 aromatic rings. The van der Waals surface area contributed by atoms with E-state index >= 15 is 0 Å². The maximum atomic E-state index is 9.36. The van der Waals surface area contributed by atoms with Crippen molar-refractivity contribution in [2.45, 2.75) is 59.1 Å². The number of hydrazone groups is 1. The van der Waals surface area contributed by atoms with E-state index in [2.05, 4.69) is 42.8 Å². The van der Waals surface area contributed by atoms with Crippen molar-refractivity contribution in [3.63, 3.8) is 0 Å². The number of aromatic amines is 1. The SMILES string of the molecule is CCCCCN=C(N)N(N=Cc1c[nH]c2ccc(CO)cc12)C(C)(C)C. The number of guanidine groups is 1. The molecule has 0 amide bonds. The van der Waals surface area contributed by atoms with E-state index in [9.17, 15) is 5.11 Å². The molecule has 2 rings (SSSR count). The van der Waals surface area contributed by atoms with Crippen LogP contribution in [0.3, 0.4) is 0 Å². The normalized spacial score (nSPS) is 13.0. The summed E-state index contributed by atoms with van der Waals surface area (Å²) in [5.74, 6) is 0.431. The van der Waals surface area contributed by atoms with Crippen molar-refractivity contribution in [2.75, 3.05) is 6.54 Å². The second kappa shape index (κ2) is 8.85. The Bertz CT molecular complexity index is 770. The van der Waals surface area contributed by atoms with Gasteiger partial charge >= 0.3 is 0 Å². The van der Waals surface area contributed by atoms with Crippen LogP contribution >= 0.6 is 0 Å². The first-order chi connectivity index (χ1) is 12.4. The lowest BCUT2D eigenvalue weighted by Crippen LogP contribution is -2.46. The molecule has 1 aromatic heterocycles. The van der Waals surface area contributed by atoms with Crippen LogP contribution in [-0.4, -0.2) is 39.4 Å². The van der Waals surface area contributed by atoms with Gasteiger partial charge in [0.1, 0.15) is 0 Å². The number of aliphatic hydroxyl groups is 1. The quantitative estimate of drug-likeness (QED) is 0.306. The average Bonchev–Trinajstić information content (AvgIpc) is 3.00. The van der Waals surface area contributed by atoms with Crippen LogP contribution in [0, 0.1) is 0 Å². The number of nitrogens with zero attached hydrogens (tertiary/aromatic N) is 3. The number of hydrogen-bond donors (Lipinski definition) is 3. The average molecular weight is 358 g/mol. The van der Waals surface area contributed by atoms with Gasteiger partial charge in [0.15, 0.2) is 0 Å². The van der Waals surface area contributed by atoms with E-state index in [0.29, 0.717) is 12.5 Å². The van der Waals surface area contributed by atoms with Gasteiger partial charge in [0.2, 0.25) is 5.96 Å². The van der Waals surface area contributed by atoms with Crippen LogP contribution in [0.1, 0.15) is 58.1 Å². The van der Waals surface area contributed by atoms with E-state index < -0.39 is 0 Å². The Morgan fingerprint density at radius 1 is 1.31 bits per heavy atom. The topological polar surface area (TPSA) is 90.0 Å². The van der Waals surface area contributed by atoms with Crippen molar-refractivity contribution in [2.24, 2.45) is 15.8 Å². The molecule has 0 aliphatic rings. The summed E-state index contributed by atoms with van der Waals surface area (Å²) in [5, 5.41) is 16.7. The highest BCUT2D eigenvalue weighted by Gasteiger charge is 2.22. The van der Waals surface area contributed by atoms with Gasteiger partial charge in [-0.2, -0.15) is 5.10 Å². The predicted molar refractivity (Wildman–Crippen MR) is 109 cm³/mol. The molecule has 4 N–H and O–H groups in total. The number of H-pyrrole nitrogens is 1. The molecular weight excluding hydrogens is 326 g/mol. The van der Waals surface area contributed by atoms with Crippen molar-refractivity contribution in [1.82, 2.24) is 9.99 Å². The van der Waals surface area contributed by atoms with Gasteiger partial charge in [-0.15, -0.1) is 0 Å². The standard InChI is InChI=1S/C20H31N5O/c1-5-6-7-10-22-19(21)25(20(2,3)4)24-13-16-12-23-18-9-8-15(14-26)11-17(16)18/h8-9,11-13,23,26H,5-7,10,14H2,1-4H3,(H2,21,22). The van der Waals surface area contributed by atoms with Gasteiger partial charge < -0.3 is 15.8 Å². The Morgan fingerprint density at radius 3 is 2.73 bits per heavy atom. The van der Waals surface area contributed by atoms with E-state index in [1.54, 1.807) is 11.2 Å². The zero-order chi connectivity index (χ0) is 19.2. The second-order valence-corrected chi connectivity index (χ2v) is 7.46. The van der Waals surface area contributed by atoms with Crippen LogP contribution < -0.4 is 5.73 Å². The van der Waals surface area contributed by atoms with Crippen LogP contribution in [0.2, 0.25) is 0 Å². The molecule has 26 heavy (non-hydrogen) atoms. The number of nitrogens with one attached hydrogen (secondary N) is 1. The monoisotopic (exact) mass is 357 g/mol. The lowest BCUT2D eigenvalue weighted by atomic mass is 10.1. The number of aliphatic imine (C=N–C) groups is 1. The molecule has 0 saturated heterocycles. The number of unbranched alkanes of at least 4 members (excludes halogenated alkanes) is 2. The largest absolute Gasteiger partial charge is 0.392 e. The molecule has 6 nitrogen and oxygen atoms in total. The number of rotatable bonds is 7. The van der Waals surface area contributed by atoms with Gasteiger partial charge in [-0.05, 0) is 44.9 Å². The summed E-state index contributed by atoms with van der Waals surface area (Å²) >= 11 is 0. The highest BCUT2D eigenvalue weighted by Crippen LogP contribution is 2.20. The highest BCUT2D eigenvalue weighted by atomic mass is 16.3. The van der Waals surface area contributed by atoms with Gasteiger partial charge in [-0.25, -0.2) is 5.01 Å². The Labute approximate surface area is 155 Å². The van der Waals surface area contributed by atoms with Crippen LogP contribution in [0.5, 0.6) is 0 Å². The molecule has 142 valence electrons. The molecule has 1 aromatic carbocycles. The number of hydrogen-bond acceptors (Lipinski definition) is 3. The van der Waals surface area contributed by atoms with Gasteiger partial charge in [0.25, 0.3) is 0 Å². The molecule has 0 unspecified atom stereocenters. The minimum Gasteiger partial charge on any atom is -0.392 e. The fourth-order valence-corrected chi connectivity index (χ4v) is 2.71. The third-order valence-electron chi connectivity index (χ3n) is 4.16. The highest BCUT2D eigenvalue weighted by molar-refractivity contribution is 5.99. The lowest BCUT2D eigenvalue weighted by Gasteiger charge is -2.31. The van der Waals surface area contributed by atoms with Gasteiger partial charge in [-0.3, -0.25) is 4.99 Å². The Morgan fingerprint density at radius 2 is 2.08 bits per heavy atom. The first-order valence-corrected chi connectivity index (χ1v) is 9.21. The number of aliphatic hydroxyl groups excluding tert-OH is 1. The molecule has 0 spiro atoms. The first-order valence-electron chi connectivity index (χ1n) is 9.21. The van der Waals surface area contributed by atoms with Crippen LogP contribution in [0.15, 0.2) is 34.5 Å². The van der Waals surface area contributed by atoms with Gasteiger partial charge in [-0.1, -0.05) is 25.8 Å². The molecule has 0 radical (unpaired) electrons. The molecule has 0 aliphatic heterocycles. The van der Waals surface area contributed by atoms with E-state index in [-0.39, 0.29) is 12.1 Å². The Kier molecular flexibility index (Phi) is 6.80. The number of fused-ring (bicyclic) bond motifs is 1. The van der Waals surface area contributed by atoms with Crippen LogP contribution in [0.4, 0.5) is 0 Å². The fourth-order valence-electron chi connectivity index (χ4n) is 2.71. The molecule has 0 aliphatic carbocycles. The number of nitrogens with two attached hydrogens (primary N) is 1. The fraction of sp³-hybridized carbons (Fsp3) is 0.500. The summed E-state index contributed by atoms with van der Waals surface area (Å²) in [6.07, 6.45) is 7.04. The molecule has 1 heterocycles. The summed E-state index contributed by atoms with van der Waals surface area (Å²) in [6.45, 7) is 9.06. The van der Waals surface area contributed by atoms with Crippen LogP contribution in [0.25, 0.3) is 10.9 Å². The van der Waals surface area contributed by atoms with Crippen molar-refractivity contribution in [3.05, 3.63) is 35.5 Å². The molecule has 6 heteroatoms. The van der Waals surface area contributed by atoms with E-state index in [1.807, 2.05) is 24.4 Å². The molecule has 0 bridgehead atoms. The van der Waals surface area contributed by atoms with Gasteiger partial charge in [0, 0.05) is 29.2 Å². The zero-order valence-corrected chi connectivity index (χ0v) is 16.3. The van der Waals surface area contributed by atoms with Crippen molar-refractivity contribution < 1.29 is 5.11 Å². The third-order valence-corrected chi connectivity index (χ3v) is 4.16. The maximum Gasteiger partial charge on any atom is 0.212 e. The van der Waals surface area contributed by atoms with Gasteiger partial charge in [0.05, 0.1) is 18.4 Å². The number of aromatic nitrogens is 1. The second-order valence-electron chi connectivity index (χ2n) is 7.46. The van der Waals surface area contributed by atoms with E-state index in [4.69, 9.17) is 5.73 Å². The maximum absolute atomic E-state index is 9.36. The summed E-state index contributed by atoms with van der Waals surface area (Å²) in [4.78, 5) is 7.71. The van der Waals surface area contributed by atoms with Crippen molar-refractivity contribution in [1.29, 1.82) is 0 Å². The summed E-state index contributed by atoms with van der Waals surface area (Å²) in [5.41, 5.74) is 8.75. The molecule has 0 fully saturated rings. The molecule has 0 saturated carbocycles. The Hall–Kier alpha value is -2.34. The van der Waals surface area contributed by atoms with Crippen molar-refractivity contribution >= 4 is 23.1 Å². The molecular formula is C20H31N5O.